The Labute approximate surface area is 70.0 Å². The van der Waals surface area contributed by atoms with Gasteiger partial charge >= 0.3 is 0 Å². The molecule has 11 heavy (non-hydrogen) atoms. The topological polar surface area (TPSA) is 32.3 Å². The minimum atomic E-state index is -0.244. The number of β-amino-alcohol motifs (C(OH)–C–C–N with tert-alkyl or cyclic N) is 1. The summed E-state index contributed by atoms with van der Waals surface area (Å²) in [4.78, 5) is 0. The van der Waals surface area contributed by atoms with Crippen LogP contribution in [0, 0.1) is 0 Å². The second-order valence-corrected chi connectivity index (χ2v) is 3.86. The predicted octanol–water partition coefficient (Wildman–Crippen LogP) is 1.54. The van der Waals surface area contributed by atoms with Crippen molar-refractivity contribution in [3.8, 4) is 0 Å². The van der Waals surface area contributed by atoms with Crippen LogP contribution in [-0.4, -0.2) is 23.3 Å². The summed E-state index contributed by atoms with van der Waals surface area (Å²) < 4.78 is 0. The zero-order valence-corrected chi connectivity index (χ0v) is 8.15. The molecule has 0 radical (unpaired) electrons. The van der Waals surface area contributed by atoms with Gasteiger partial charge in [-0.05, 0) is 27.2 Å². The van der Waals surface area contributed by atoms with Crippen LogP contribution in [0.15, 0.2) is 0 Å². The maximum Gasteiger partial charge on any atom is 0.0636 e. The molecule has 0 spiro atoms. The van der Waals surface area contributed by atoms with Crippen LogP contribution in [0.3, 0.4) is 0 Å². The summed E-state index contributed by atoms with van der Waals surface area (Å²) in [5.41, 5.74) is 0.172. The third kappa shape index (κ3) is 6.32. The molecule has 68 valence electrons. The molecule has 0 aromatic heterocycles. The van der Waals surface area contributed by atoms with Crippen molar-refractivity contribution in [3.05, 3.63) is 0 Å². The fraction of sp³-hybridized carbons (Fsp3) is 1.00. The van der Waals surface area contributed by atoms with Gasteiger partial charge in [-0.15, -0.1) is 0 Å². The van der Waals surface area contributed by atoms with Crippen LogP contribution in [0.25, 0.3) is 0 Å². The van der Waals surface area contributed by atoms with Gasteiger partial charge in [-0.1, -0.05) is 13.3 Å². The Bertz CT molecular complexity index is 99.7. The van der Waals surface area contributed by atoms with Crippen molar-refractivity contribution in [2.45, 2.75) is 52.2 Å². The van der Waals surface area contributed by atoms with Crippen molar-refractivity contribution in [1.29, 1.82) is 0 Å². The van der Waals surface area contributed by atoms with Crippen LogP contribution in [-0.2, 0) is 0 Å². The smallest absolute Gasteiger partial charge is 0.0636 e. The van der Waals surface area contributed by atoms with Crippen molar-refractivity contribution in [3.63, 3.8) is 0 Å². The number of aliphatic hydroxyl groups excluding tert-OH is 1. The molecule has 0 unspecified atom stereocenters. The summed E-state index contributed by atoms with van der Waals surface area (Å²) in [5.74, 6) is 0. The molecule has 0 aliphatic carbocycles. The van der Waals surface area contributed by atoms with E-state index in [2.05, 4.69) is 26.1 Å². The second-order valence-electron chi connectivity index (χ2n) is 3.86. The second kappa shape index (κ2) is 4.73. The van der Waals surface area contributed by atoms with Gasteiger partial charge in [0.15, 0.2) is 0 Å². The van der Waals surface area contributed by atoms with Crippen molar-refractivity contribution >= 4 is 0 Å². The molecule has 2 nitrogen and oxygen atoms in total. The Morgan fingerprint density at radius 2 is 2.00 bits per heavy atom. The molecule has 0 rings (SSSR count). The van der Waals surface area contributed by atoms with Gasteiger partial charge in [0.25, 0.3) is 0 Å². The van der Waals surface area contributed by atoms with Crippen molar-refractivity contribution < 1.29 is 5.11 Å². The highest BCUT2D eigenvalue weighted by molar-refractivity contribution is 4.77. The first-order chi connectivity index (χ1) is 4.98. The third-order valence-corrected chi connectivity index (χ3v) is 1.75. The molecule has 0 saturated heterocycles. The van der Waals surface area contributed by atoms with E-state index in [0.29, 0.717) is 6.54 Å². The quantitative estimate of drug-likeness (QED) is 0.637. The summed E-state index contributed by atoms with van der Waals surface area (Å²) in [6, 6.07) is 0. The largest absolute Gasteiger partial charge is 0.392 e. The van der Waals surface area contributed by atoms with Crippen LogP contribution in [0.4, 0.5) is 0 Å². The number of aliphatic hydroxyl groups is 1. The number of hydrogen-bond donors (Lipinski definition) is 2. The number of nitrogens with one attached hydrogen (secondary N) is 1. The van der Waals surface area contributed by atoms with Gasteiger partial charge in [0.1, 0.15) is 0 Å². The lowest BCUT2D eigenvalue weighted by molar-refractivity contribution is 0.174. The molecular formula is C9H21NO. The maximum absolute atomic E-state index is 9.02. The van der Waals surface area contributed by atoms with Gasteiger partial charge in [0.05, 0.1) is 6.10 Å². The molecule has 0 aromatic carbocycles. The average Bonchev–Trinajstić information content (AvgIpc) is 1.84. The fourth-order valence-corrected chi connectivity index (χ4v) is 1.14. The van der Waals surface area contributed by atoms with Gasteiger partial charge in [-0.2, -0.15) is 0 Å². The molecule has 0 aromatic rings. The average molecular weight is 159 g/mol. The van der Waals surface area contributed by atoms with Crippen LogP contribution < -0.4 is 5.32 Å². The van der Waals surface area contributed by atoms with E-state index in [1.54, 1.807) is 6.92 Å². The van der Waals surface area contributed by atoms with Gasteiger partial charge in [0.2, 0.25) is 0 Å². The lowest BCUT2D eigenvalue weighted by Gasteiger charge is -2.26. The van der Waals surface area contributed by atoms with Crippen LogP contribution in [0.5, 0.6) is 0 Å². The third-order valence-electron chi connectivity index (χ3n) is 1.75. The molecule has 0 saturated carbocycles. The Morgan fingerprint density at radius 1 is 1.45 bits per heavy atom. The normalized spacial score (nSPS) is 15.0. The molecular weight excluding hydrogens is 138 g/mol. The Hall–Kier alpha value is -0.0800. The molecule has 0 fully saturated rings. The Balaban J connectivity index is 3.54. The first-order valence-electron chi connectivity index (χ1n) is 4.41. The van der Waals surface area contributed by atoms with E-state index >= 15 is 0 Å². The Morgan fingerprint density at radius 3 is 2.36 bits per heavy atom. The molecule has 0 heterocycles. The molecule has 0 aliphatic rings. The highest BCUT2D eigenvalue weighted by Gasteiger charge is 2.15. The number of hydrogen-bond acceptors (Lipinski definition) is 2. The number of rotatable bonds is 5. The van der Waals surface area contributed by atoms with E-state index in [0.717, 1.165) is 6.42 Å². The predicted molar refractivity (Wildman–Crippen MR) is 48.7 cm³/mol. The molecule has 2 N–H and O–H groups in total. The van der Waals surface area contributed by atoms with Crippen molar-refractivity contribution in [2.75, 3.05) is 6.54 Å². The van der Waals surface area contributed by atoms with E-state index in [1.807, 2.05) is 0 Å². The van der Waals surface area contributed by atoms with Gasteiger partial charge in [-0.3, -0.25) is 0 Å². The summed E-state index contributed by atoms with van der Waals surface area (Å²) >= 11 is 0. The zero-order valence-electron chi connectivity index (χ0n) is 8.15. The minimum Gasteiger partial charge on any atom is -0.392 e. The zero-order chi connectivity index (χ0) is 8.91. The summed E-state index contributed by atoms with van der Waals surface area (Å²) in [5, 5.41) is 12.3. The van der Waals surface area contributed by atoms with Gasteiger partial charge in [0, 0.05) is 12.1 Å². The first-order valence-corrected chi connectivity index (χ1v) is 4.41. The Kier molecular flexibility index (Phi) is 4.69. The van der Waals surface area contributed by atoms with E-state index in [1.165, 1.54) is 6.42 Å². The molecule has 0 aliphatic heterocycles. The highest BCUT2D eigenvalue weighted by Crippen LogP contribution is 2.09. The van der Waals surface area contributed by atoms with Crippen molar-refractivity contribution in [1.82, 2.24) is 5.32 Å². The van der Waals surface area contributed by atoms with Crippen LogP contribution in [0.1, 0.15) is 40.5 Å². The first kappa shape index (κ1) is 10.9. The summed E-state index contributed by atoms with van der Waals surface area (Å²) in [7, 11) is 0. The monoisotopic (exact) mass is 159 g/mol. The molecule has 2 heteroatoms. The highest BCUT2D eigenvalue weighted by atomic mass is 16.3. The van der Waals surface area contributed by atoms with Crippen LogP contribution >= 0.6 is 0 Å². The van der Waals surface area contributed by atoms with Gasteiger partial charge in [-0.25, -0.2) is 0 Å². The molecule has 1 atom stereocenters. The van der Waals surface area contributed by atoms with E-state index in [9.17, 15) is 0 Å². The standard InChI is InChI=1S/C9H21NO/c1-5-6-9(3,4)10-7-8(2)11/h8,10-11H,5-7H2,1-4H3/t8-/m1/s1. The van der Waals surface area contributed by atoms with Crippen LogP contribution in [0.2, 0.25) is 0 Å². The van der Waals surface area contributed by atoms with Gasteiger partial charge < -0.3 is 10.4 Å². The lowest BCUT2D eigenvalue weighted by Crippen LogP contribution is -2.42. The van der Waals surface area contributed by atoms with E-state index in [4.69, 9.17) is 5.11 Å². The fourth-order valence-electron chi connectivity index (χ4n) is 1.14. The summed E-state index contributed by atoms with van der Waals surface area (Å²) in [6.07, 6.45) is 2.09. The lowest BCUT2D eigenvalue weighted by atomic mass is 9.99. The minimum absolute atomic E-state index is 0.172. The summed E-state index contributed by atoms with van der Waals surface area (Å²) in [6.45, 7) is 8.99. The van der Waals surface area contributed by atoms with E-state index < -0.39 is 0 Å². The van der Waals surface area contributed by atoms with Crippen molar-refractivity contribution in [2.24, 2.45) is 0 Å². The maximum atomic E-state index is 9.02. The SMILES string of the molecule is CCCC(C)(C)NC[C@@H](C)O. The molecule has 0 amide bonds. The molecule has 0 bridgehead atoms. The van der Waals surface area contributed by atoms with E-state index in [-0.39, 0.29) is 11.6 Å².